The number of benzene rings is 2. The number of methoxy groups -OCH3 is 1. The maximum Gasteiger partial charge on any atom is 0.162 e. The van der Waals surface area contributed by atoms with Gasteiger partial charge in [-0.1, -0.05) is 0 Å². The number of fused-ring (bicyclic) bond motifs is 1. The number of H-pyrrole nitrogens is 1. The highest BCUT2D eigenvalue weighted by molar-refractivity contribution is 5.88. The summed E-state index contributed by atoms with van der Waals surface area (Å²) in [4.78, 5) is 11.4. The first-order valence-electron chi connectivity index (χ1n) is 8.54. The van der Waals surface area contributed by atoms with Gasteiger partial charge in [-0.3, -0.25) is 5.10 Å². The predicted molar refractivity (Wildman–Crippen MR) is 108 cm³/mol. The molecule has 0 bridgehead atoms. The molecule has 0 radical (unpaired) electrons. The van der Waals surface area contributed by atoms with Crippen molar-refractivity contribution in [2.75, 3.05) is 31.4 Å². The van der Waals surface area contributed by atoms with Gasteiger partial charge in [-0.25, -0.2) is 9.97 Å². The lowest BCUT2D eigenvalue weighted by atomic mass is 10.2. The molecular formula is C20H20N6O. The van der Waals surface area contributed by atoms with Crippen LogP contribution in [0, 0.1) is 0 Å². The van der Waals surface area contributed by atoms with Crippen LogP contribution in [0.1, 0.15) is 0 Å². The second-order valence-electron chi connectivity index (χ2n) is 6.32. The molecular weight excluding hydrogens is 340 g/mol. The summed E-state index contributed by atoms with van der Waals surface area (Å²) >= 11 is 0. The molecule has 0 spiro atoms. The Morgan fingerprint density at radius 2 is 1.70 bits per heavy atom. The van der Waals surface area contributed by atoms with E-state index in [9.17, 15) is 0 Å². The van der Waals surface area contributed by atoms with Gasteiger partial charge in [-0.05, 0) is 48.5 Å². The molecule has 2 N–H and O–H groups in total. The third-order valence-electron chi connectivity index (χ3n) is 4.29. The highest BCUT2D eigenvalue weighted by Gasteiger charge is 2.12. The third-order valence-corrected chi connectivity index (χ3v) is 4.29. The fraction of sp³-hybridized carbons (Fsp3) is 0.150. The van der Waals surface area contributed by atoms with Crippen LogP contribution in [0.5, 0.6) is 5.75 Å². The molecule has 7 nitrogen and oxygen atoms in total. The van der Waals surface area contributed by atoms with E-state index >= 15 is 0 Å². The molecule has 0 aliphatic carbocycles. The Bertz CT molecular complexity index is 1050. The SMILES string of the molecule is COc1ccc(-c2nc(Nc3ccc(N(C)C)cc3)c3[nH]ncc3n2)cc1. The second kappa shape index (κ2) is 6.95. The molecule has 0 saturated heterocycles. The molecule has 0 unspecified atom stereocenters. The third kappa shape index (κ3) is 3.39. The standard InChI is InChI=1S/C20H20N6O/c1-26(2)15-8-6-14(7-9-15)22-20-18-17(12-21-25-18)23-19(24-20)13-4-10-16(27-3)11-5-13/h4-12H,1-3H3,(H,21,25)(H,22,23,24). The Balaban J connectivity index is 1.71. The Labute approximate surface area is 157 Å². The van der Waals surface area contributed by atoms with Crippen molar-refractivity contribution in [3.63, 3.8) is 0 Å². The minimum atomic E-state index is 0.624. The van der Waals surface area contributed by atoms with Crippen LogP contribution < -0.4 is 15.0 Å². The average Bonchev–Trinajstić information content (AvgIpc) is 3.17. The highest BCUT2D eigenvalue weighted by atomic mass is 16.5. The lowest BCUT2D eigenvalue weighted by Gasteiger charge is -2.13. The molecule has 7 heteroatoms. The van der Waals surface area contributed by atoms with Crippen LogP contribution in [0.2, 0.25) is 0 Å². The van der Waals surface area contributed by atoms with Crippen molar-refractivity contribution in [2.24, 2.45) is 0 Å². The predicted octanol–water partition coefficient (Wildman–Crippen LogP) is 3.84. The number of rotatable bonds is 5. The molecule has 2 aromatic carbocycles. The Kier molecular flexibility index (Phi) is 4.33. The summed E-state index contributed by atoms with van der Waals surface area (Å²) in [5.41, 5.74) is 4.50. The zero-order chi connectivity index (χ0) is 18.8. The van der Waals surface area contributed by atoms with Crippen molar-refractivity contribution in [3.05, 3.63) is 54.7 Å². The number of hydrogen-bond donors (Lipinski definition) is 2. The molecule has 2 heterocycles. The minimum absolute atomic E-state index is 0.624. The van der Waals surface area contributed by atoms with Crippen LogP contribution in [0.3, 0.4) is 0 Å². The summed E-state index contributed by atoms with van der Waals surface area (Å²) < 4.78 is 5.22. The lowest BCUT2D eigenvalue weighted by Crippen LogP contribution is -2.08. The largest absolute Gasteiger partial charge is 0.497 e. The van der Waals surface area contributed by atoms with E-state index in [4.69, 9.17) is 9.72 Å². The van der Waals surface area contributed by atoms with E-state index in [1.54, 1.807) is 13.3 Å². The highest BCUT2D eigenvalue weighted by Crippen LogP contribution is 2.27. The van der Waals surface area contributed by atoms with Crippen molar-refractivity contribution in [1.82, 2.24) is 20.2 Å². The maximum atomic E-state index is 5.22. The number of aromatic nitrogens is 4. The number of nitrogens with zero attached hydrogens (tertiary/aromatic N) is 4. The Morgan fingerprint density at radius 3 is 2.37 bits per heavy atom. The normalized spacial score (nSPS) is 10.8. The zero-order valence-corrected chi connectivity index (χ0v) is 15.4. The Hall–Kier alpha value is -3.61. The van der Waals surface area contributed by atoms with E-state index in [1.807, 2.05) is 50.5 Å². The van der Waals surface area contributed by atoms with Gasteiger partial charge in [-0.15, -0.1) is 0 Å². The van der Waals surface area contributed by atoms with E-state index in [0.717, 1.165) is 33.7 Å². The molecule has 2 aromatic heterocycles. The van der Waals surface area contributed by atoms with Crippen LogP contribution >= 0.6 is 0 Å². The quantitative estimate of drug-likeness (QED) is 0.563. The molecule has 136 valence electrons. The minimum Gasteiger partial charge on any atom is -0.497 e. The molecule has 27 heavy (non-hydrogen) atoms. The van der Waals surface area contributed by atoms with Crippen molar-refractivity contribution in [1.29, 1.82) is 0 Å². The second-order valence-corrected chi connectivity index (χ2v) is 6.32. The molecule has 0 amide bonds. The van der Waals surface area contributed by atoms with Gasteiger partial charge in [0.1, 0.15) is 16.8 Å². The van der Waals surface area contributed by atoms with E-state index in [0.29, 0.717) is 11.6 Å². The van der Waals surface area contributed by atoms with Gasteiger partial charge in [0.25, 0.3) is 0 Å². The van der Waals surface area contributed by atoms with Crippen LogP contribution in [-0.2, 0) is 0 Å². The number of hydrogen-bond acceptors (Lipinski definition) is 6. The van der Waals surface area contributed by atoms with E-state index in [-0.39, 0.29) is 0 Å². The first-order valence-corrected chi connectivity index (χ1v) is 8.54. The van der Waals surface area contributed by atoms with Crippen LogP contribution in [0.4, 0.5) is 17.2 Å². The van der Waals surface area contributed by atoms with E-state index in [1.165, 1.54) is 0 Å². The van der Waals surface area contributed by atoms with Gasteiger partial charge >= 0.3 is 0 Å². The van der Waals surface area contributed by atoms with Gasteiger partial charge in [0.2, 0.25) is 0 Å². The molecule has 0 aliphatic rings. The summed E-state index contributed by atoms with van der Waals surface area (Å²) in [5.74, 6) is 2.10. The summed E-state index contributed by atoms with van der Waals surface area (Å²) in [5, 5.41) is 10.4. The summed E-state index contributed by atoms with van der Waals surface area (Å²) in [7, 11) is 5.68. The number of aromatic amines is 1. The van der Waals surface area contributed by atoms with Crippen LogP contribution in [-0.4, -0.2) is 41.4 Å². The Morgan fingerprint density at radius 1 is 0.963 bits per heavy atom. The van der Waals surface area contributed by atoms with E-state index in [2.05, 4.69) is 37.5 Å². The topological polar surface area (TPSA) is 79.0 Å². The average molecular weight is 360 g/mol. The maximum absolute atomic E-state index is 5.22. The van der Waals surface area contributed by atoms with Crippen molar-refractivity contribution in [2.45, 2.75) is 0 Å². The fourth-order valence-corrected chi connectivity index (χ4v) is 2.78. The van der Waals surface area contributed by atoms with Gasteiger partial charge in [0, 0.05) is 31.0 Å². The summed E-state index contributed by atoms with van der Waals surface area (Å²) in [6.07, 6.45) is 1.70. The number of nitrogens with one attached hydrogen (secondary N) is 2. The molecule has 0 aliphatic heterocycles. The molecule has 0 atom stereocenters. The first-order chi connectivity index (χ1) is 13.1. The molecule has 0 fully saturated rings. The number of anilines is 3. The summed E-state index contributed by atoms with van der Waals surface area (Å²) in [6, 6.07) is 15.8. The van der Waals surface area contributed by atoms with E-state index < -0.39 is 0 Å². The van der Waals surface area contributed by atoms with Crippen molar-refractivity contribution in [3.8, 4) is 17.1 Å². The van der Waals surface area contributed by atoms with Gasteiger partial charge in [-0.2, -0.15) is 5.10 Å². The smallest absolute Gasteiger partial charge is 0.162 e. The van der Waals surface area contributed by atoms with Gasteiger partial charge in [0.05, 0.1) is 13.3 Å². The first kappa shape index (κ1) is 16.8. The monoisotopic (exact) mass is 360 g/mol. The summed E-state index contributed by atoms with van der Waals surface area (Å²) in [6.45, 7) is 0. The zero-order valence-electron chi connectivity index (χ0n) is 15.4. The molecule has 4 rings (SSSR count). The molecule has 0 saturated carbocycles. The van der Waals surface area contributed by atoms with Crippen LogP contribution in [0.25, 0.3) is 22.4 Å². The van der Waals surface area contributed by atoms with Crippen molar-refractivity contribution < 1.29 is 4.74 Å². The lowest BCUT2D eigenvalue weighted by molar-refractivity contribution is 0.415. The van der Waals surface area contributed by atoms with Crippen LogP contribution in [0.15, 0.2) is 54.7 Å². The number of ether oxygens (including phenoxy) is 1. The fourth-order valence-electron chi connectivity index (χ4n) is 2.78. The molecule has 4 aromatic rings. The van der Waals surface area contributed by atoms with Gasteiger partial charge < -0.3 is 15.0 Å². The van der Waals surface area contributed by atoms with Gasteiger partial charge in [0.15, 0.2) is 11.6 Å². The van der Waals surface area contributed by atoms with Crippen molar-refractivity contribution >= 4 is 28.2 Å².